The molecule has 1 rings (SSSR count). The Kier molecular flexibility index (Phi) is 6.05. The van der Waals surface area contributed by atoms with Gasteiger partial charge in [0.1, 0.15) is 5.75 Å². The van der Waals surface area contributed by atoms with Crippen molar-refractivity contribution >= 4 is 0 Å². The molecule has 0 radical (unpaired) electrons. The maximum Gasteiger partial charge on any atom is 0.115 e. The fraction of sp³-hybridized carbons (Fsp3) is 0.333. The second-order valence-electron chi connectivity index (χ2n) is 2.28. The Hall–Kier alpha value is -1.06. The van der Waals surface area contributed by atoms with Crippen molar-refractivity contribution in [3.05, 3.63) is 29.8 Å². The lowest BCUT2D eigenvalue weighted by atomic mass is 10.2. The number of aryl methyl sites for hydroxylation is 1. The normalized spacial score (nSPS) is 8.58. The van der Waals surface area contributed by atoms with Crippen LogP contribution in [0.25, 0.3) is 0 Å². The first kappa shape index (κ1) is 10.9. The van der Waals surface area contributed by atoms with Gasteiger partial charge in [-0.1, -0.05) is 17.7 Å². The van der Waals surface area contributed by atoms with Crippen LogP contribution in [0.5, 0.6) is 5.75 Å². The first-order chi connectivity index (χ1) is 5.70. The number of phenols is 1. The average molecular weight is 170 g/mol. The van der Waals surface area contributed by atoms with E-state index in [1.807, 2.05) is 19.1 Å². The minimum absolute atomic E-state index is 0.125. The summed E-state index contributed by atoms with van der Waals surface area (Å²) < 4.78 is 0. The monoisotopic (exact) mass is 170 g/mol. The number of hydrogen-bond acceptors (Lipinski definition) is 3. The van der Waals surface area contributed by atoms with Crippen LogP contribution in [-0.4, -0.2) is 28.5 Å². The van der Waals surface area contributed by atoms with Crippen LogP contribution in [0.3, 0.4) is 0 Å². The summed E-state index contributed by atoms with van der Waals surface area (Å²) in [6, 6.07) is 7.09. The fourth-order valence-corrected chi connectivity index (χ4v) is 0.545. The fourth-order valence-electron chi connectivity index (χ4n) is 0.545. The van der Waals surface area contributed by atoms with Gasteiger partial charge in [0.15, 0.2) is 0 Å². The number of phenolic OH excluding ortho intramolecular Hbond substituents is 1. The zero-order valence-electron chi connectivity index (χ0n) is 7.07. The molecule has 0 unspecified atom stereocenters. The van der Waals surface area contributed by atoms with Gasteiger partial charge in [0.25, 0.3) is 0 Å². The van der Waals surface area contributed by atoms with Crippen molar-refractivity contribution in [2.45, 2.75) is 6.92 Å². The predicted octanol–water partition coefficient (Wildman–Crippen LogP) is 0.672. The Balaban J connectivity index is 0.000000261. The molecular formula is C9H14O3. The lowest BCUT2D eigenvalue weighted by Gasteiger charge is -1.89. The standard InChI is InChI=1S/C7H8O.C2H6O2/c1-6-2-4-7(8)5-3-6;3-1-2-4/h2-5,8H,1H3;3-4H,1-2H2. The summed E-state index contributed by atoms with van der Waals surface area (Å²) >= 11 is 0. The van der Waals surface area contributed by atoms with Crippen LogP contribution < -0.4 is 0 Å². The van der Waals surface area contributed by atoms with E-state index in [0.29, 0.717) is 5.75 Å². The zero-order chi connectivity index (χ0) is 9.40. The molecule has 3 N–H and O–H groups in total. The van der Waals surface area contributed by atoms with Crippen molar-refractivity contribution < 1.29 is 15.3 Å². The van der Waals surface area contributed by atoms with E-state index >= 15 is 0 Å². The minimum atomic E-state index is -0.125. The molecule has 3 nitrogen and oxygen atoms in total. The van der Waals surface area contributed by atoms with Crippen molar-refractivity contribution in [1.29, 1.82) is 0 Å². The maximum absolute atomic E-state index is 8.76. The van der Waals surface area contributed by atoms with Crippen molar-refractivity contribution in [1.82, 2.24) is 0 Å². The maximum atomic E-state index is 8.76. The van der Waals surface area contributed by atoms with E-state index in [4.69, 9.17) is 15.3 Å². The number of rotatable bonds is 1. The third-order valence-corrected chi connectivity index (χ3v) is 1.13. The first-order valence-corrected chi connectivity index (χ1v) is 3.68. The largest absolute Gasteiger partial charge is 0.508 e. The number of aliphatic hydroxyl groups excluding tert-OH is 2. The second-order valence-corrected chi connectivity index (χ2v) is 2.28. The molecule has 0 atom stereocenters. The summed E-state index contributed by atoms with van der Waals surface area (Å²) in [4.78, 5) is 0. The highest BCUT2D eigenvalue weighted by molar-refractivity contribution is 5.24. The number of aliphatic hydroxyl groups is 2. The van der Waals surface area contributed by atoms with Gasteiger partial charge in [0, 0.05) is 0 Å². The van der Waals surface area contributed by atoms with Gasteiger partial charge in [-0.05, 0) is 19.1 Å². The van der Waals surface area contributed by atoms with Crippen LogP contribution in [0.2, 0.25) is 0 Å². The van der Waals surface area contributed by atoms with E-state index in [9.17, 15) is 0 Å². The molecule has 1 aromatic rings. The van der Waals surface area contributed by atoms with E-state index in [1.54, 1.807) is 12.1 Å². The molecule has 12 heavy (non-hydrogen) atoms. The quantitative estimate of drug-likeness (QED) is 0.580. The Morgan fingerprint density at radius 3 is 1.67 bits per heavy atom. The summed E-state index contributed by atoms with van der Waals surface area (Å²) in [7, 11) is 0. The van der Waals surface area contributed by atoms with Gasteiger partial charge in [-0.15, -0.1) is 0 Å². The van der Waals surface area contributed by atoms with Gasteiger partial charge in [-0.3, -0.25) is 0 Å². The summed E-state index contributed by atoms with van der Waals surface area (Å²) in [5.74, 6) is 0.329. The van der Waals surface area contributed by atoms with Crippen molar-refractivity contribution in [2.75, 3.05) is 13.2 Å². The van der Waals surface area contributed by atoms with Crippen molar-refractivity contribution in [3.8, 4) is 5.75 Å². The van der Waals surface area contributed by atoms with Crippen LogP contribution >= 0.6 is 0 Å². The first-order valence-electron chi connectivity index (χ1n) is 3.68. The second kappa shape index (κ2) is 6.64. The summed E-state index contributed by atoms with van der Waals surface area (Å²) in [5.41, 5.74) is 1.17. The Morgan fingerprint density at radius 2 is 1.42 bits per heavy atom. The molecule has 0 heterocycles. The summed E-state index contributed by atoms with van der Waals surface area (Å²) in [6.45, 7) is 1.74. The minimum Gasteiger partial charge on any atom is -0.508 e. The number of hydrogen-bond donors (Lipinski definition) is 3. The lowest BCUT2D eigenvalue weighted by Crippen LogP contribution is -1.85. The highest BCUT2D eigenvalue weighted by Gasteiger charge is 1.82. The van der Waals surface area contributed by atoms with Crippen LogP contribution in [0.1, 0.15) is 5.56 Å². The molecule has 0 aliphatic carbocycles. The molecule has 0 aliphatic rings. The van der Waals surface area contributed by atoms with Gasteiger partial charge in [0.05, 0.1) is 13.2 Å². The third-order valence-electron chi connectivity index (χ3n) is 1.13. The van der Waals surface area contributed by atoms with Crippen molar-refractivity contribution in [3.63, 3.8) is 0 Å². The molecule has 68 valence electrons. The van der Waals surface area contributed by atoms with Crippen LogP contribution in [0, 0.1) is 6.92 Å². The zero-order valence-corrected chi connectivity index (χ0v) is 7.07. The van der Waals surface area contributed by atoms with E-state index in [1.165, 1.54) is 5.56 Å². The SMILES string of the molecule is Cc1ccc(O)cc1.OCCO. The van der Waals surface area contributed by atoms with Crippen LogP contribution in [0.15, 0.2) is 24.3 Å². The molecular weight excluding hydrogens is 156 g/mol. The molecule has 0 fully saturated rings. The van der Waals surface area contributed by atoms with Gasteiger partial charge in [-0.2, -0.15) is 0 Å². The molecule has 1 aromatic carbocycles. The third kappa shape index (κ3) is 5.70. The van der Waals surface area contributed by atoms with Crippen LogP contribution in [0.4, 0.5) is 0 Å². The lowest BCUT2D eigenvalue weighted by molar-refractivity contribution is 0.186. The van der Waals surface area contributed by atoms with Crippen LogP contribution in [-0.2, 0) is 0 Å². The average Bonchev–Trinajstić information content (AvgIpc) is 2.11. The van der Waals surface area contributed by atoms with Crippen molar-refractivity contribution in [2.24, 2.45) is 0 Å². The van der Waals surface area contributed by atoms with E-state index in [0.717, 1.165) is 0 Å². The molecule has 0 aliphatic heterocycles. The van der Waals surface area contributed by atoms with Gasteiger partial charge >= 0.3 is 0 Å². The molecule has 3 heteroatoms. The van der Waals surface area contributed by atoms with E-state index < -0.39 is 0 Å². The topological polar surface area (TPSA) is 60.7 Å². The molecule has 0 spiro atoms. The predicted molar refractivity (Wildman–Crippen MR) is 47.0 cm³/mol. The number of aromatic hydroxyl groups is 1. The molecule has 0 aromatic heterocycles. The molecule has 0 bridgehead atoms. The Labute approximate surface area is 71.9 Å². The smallest absolute Gasteiger partial charge is 0.115 e. The molecule has 0 amide bonds. The van der Waals surface area contributed by atoms with E-state index in [-0.39, 0.29) is 13.2 Å². The van der Waals surface area contributed by atoms with Gasteiger partial charge < -0.3 is 15.3 Å². The van der Waals surface area contributed by atoms with Gasteiger partial charge in [0.2, 0.25) is 0 Å². The summed E-state index contributed by atoms with van der Waals surface area (Å²) in [5, 5.41) is 24.0. The molecule has 0 saturated heterocycles. The van der Waals surface area contributed by atoms with Gasteiger partial charge in [-0.25, -0.2) is 0 Å². The van der Waals surface area contributed by atoms with E-state index in [2.05, 4.69) is 0 Å². The molecule has 0 saturated carbocycles. The summed E-state index contributed by atoms with van der Waals surface area (Å²) in [6.07, 6.45) is 0. The highest BCUT2D eigenvalue weighted by Crippen LogP contribution is 2.07. The Bertz CT molecular complexity index is 170. The number of benzene rings is 1. The highest BCUT2D eigenvalue weighted by atomic mass is 16.3. The Morgan fingerprint density at radius 1 is 1.00 bits per heavy atom.